The van der Waals surface area contributed by atoms with Gasteiger partial charge in [0.1, 0.15) is 6.04 Å². The van der Waals surface area contributed by atoms with Gasteiger partial charge in [0, 0.05) is 4.90 Å². The molecule has 16 heavy (non-hydrogen) atoms. The lowest BCUT2D eigenvalue weighted by Gasteiger charge is -2.15. The Bertz CT molecular complexity index is 335. The molecule has 0 radical (unpaired) electrons. The Hall–Kier alpha value is -0.820. The molecule has 1 nitrogen and oxygen atoms in total. The Morgan fingerprint density at radius 3 is 1.94 bits per heavy atom. The van der Waals surface area contributed by atoms with Crippen LogP contribution in [0.25, 0.3) is 0 Å². The molecule has 0 bridgehead atoms. The van der Waals surface area contributed by atoms with Crippen molar-refractivity contribution in [2.45, 2.75) is 22.9 Å². The van der Waals surface area contributed by atoms with E-state index in [2.05, 4.69) is 0 Å². The number of thioether (sulfide) groups is 1. The summed E-state index contributed by atoms with van der Waals surface area (Å²) in [6.45, 7) is 0. The van der Waals surface area contributed by atoms with Gasteiger partial charge in [-0.2, -0.15) is 22.0 Å². The molecule has 0 aliphatic heterocycles. The van der Waals surface area contributed by atoms with Gasteiger partial charge in [0.05, 0.1) is 0 Å². The Morgan fingerprint density at radius 2 is 1.56 bits per heavy atom. The van der Waals surface area contributed by atoms with Crippen molar-refractivity contribution in [3.63, 3.8) is 0 Å². The summed E-state index contributed by atoms with van der Waals surface area (Å²) in [6.07, 6.45) is -4.53. The van der Waals surface area contributed by atoms with Crippen molar-refractivity contribution >= 4 is 11.8 Å². The fraction of sp³-hybridized carbons (Fsp3) is 0.333. The zero-order valence-electron chi connectivity index (χ0n) is 7.84. The number of rotatable bonds is 3. The third-order valence-electron chi connectivity index (χ3n) is 1.82. The number of benzene rings is 1. The molecule has 1 rings (SSSR count). The van der Waals surface area contributed by atoms with Crippen LogP contribution < -0.4 is 5.73 Å². The van der Waals surface area contributed by atoms with Gasteiger partial charge in [-0.25, -0.2) is 0 Å². The number of hydrogen-bond acceptors (Lipinski definition) is 2. The van der Waals surface area contributed by atoms with E-state index in [1.54, 1.807) is 0 Å². The summed E-state index contributed by atoms with van der Waals surface area (Å²) in [5.41, 5.74) is 4.80. The molecule has 0 amide bonds. The second-order valence-electron chi connectivity index (χ2n) is 2.97. The predicted octanol–water partition coefficient (Wildman–Crippen LogP) is 3.56. The van der Waals surface area contributed by atoms with E-state index in [-0.39, 0.29) is 22.2 Å². The van der Waals surface area contributed by atoms with Gasteiger partial charge >= 0.3 is 6.18 Å². The van der Waals surface area contributed by atoms with Crippen LogP contribution >= 0.6 is 11.8 Å². The Kier molecular flexibility index (Phi) is 4.15. The fourth-order valence-electron chi connectivity index (χ4n) is 1.05. The minimum atomic E-state index is -4.53. The van der Waals surface area contributed by atoms with Crippen molar-refractivity contribution in [1.82, 2.24) is 0 Å². The molecular weight excluding hydrogens is 249 g/mol. The first kappa shape index (κ1) is 13.2. The second kappa shape index (κ2) is 5.01. The molecule has 0 heterocycles. The maximum Gasteiger partial charge on any atom is 0.407 e. The van der Waals surface area contributed by atoms with Gasteiger partial charge in [-0.05, 0) is 17.7 Å². The Balaban J connectivity index is 2.79. The van der Waals surface area contributed by atoms with Crippen LogP contribution in [0, 0.1) is 0 Å². The van der Waals surface area contributed by atoms with E-state index in [1.165, 1.54) is 12.1 Å². The van der Waals surface area contributed by atoms with E-state index in [1.807, 2.05) is 0 Å². The minimum Gasteiger partial charge on any atom is -0.316 e. The molecule has 90 valence electrons. The highest BCUT2D eigenvalue weighted by Crippen LogP contribution is 2.32. The van der Waals surface area contributed by atoms with Gasteiger partial charge < -0.3 is 5.73 Å². The molecule has 1 unspecified atom stereocenters. The number of alkyl halides is 5. The summed E-state index contributed by atoms with van der Waals surface area (Å²) in [7, 11) is 0. The lowest BCUT2D eigenvalue weighted by Crippen LogP contribution is -2.28. The second-order valence-corrected chi connectivity index (χ2v) is 4.03. The predicted molar refractivity (Wildman–Crippen MR) is 51.3 cm³/mol. The van der Waals surface area contributed by atoms with E-state index in [0.29, 0.717) is 0 Å². The van der Waals surface area contributed by atoms with Gasteiger partial charge in [-0.15, -0.1) is 0 Å². The van der Waals surface area contributed by atoms with E-state index >= 15 is 0 Å². The van der Waals surface area contributed by atoms with Crippen LogP contribution in [0.3, 0.4) is 0 Å². The molecule has 0 aliphatic rings. The van der Waals surface area contributed by atoms with Gasteiger partial charge in [-0.1, -0.05) is 23.9 Å². The lowest BCUT2D eigenvalue weighted by molar-refractivity contribution is -0.149. The smallest absolute Gasteiger partial charge is 0.316 e. The summed E-state index contributed by atoms with van der Waals surface area (Å²) < 4.78 is 60.4. The first-order chi connectivity index (χ1) is 7.30. The third-order valence-corrected chi connectivity index (χ3v) is 2.54. The topological polar surface area (TPSA) is 26.0 Å². The number of hydrogen-bond donors (Lipinski definition) is 1. The summed E-state index contributed by atoms with van der Waals surface area (Å²) in [6, 6.07) is 2.50. The van der Waals surface area contributed by atoms with Crippen molar-refractivity contribution in [2.24, 2.45) is 5.73 Å². The zero-order valence-corrected chi connectivity index (χ0v) is 8.66. The van der Waals surface area contributed by atoms with Crippen molar-refractivity contribution in [3.8, 4) is 0 Å². The van der Waals surface area contributed by atoms with Gasteiger partial charge in [0.2, 0.25) is 0 Å². The highest BCUT2D eigenvalue weighted by molar-refractivity contribution is 7.99. The maximum absolute atomic E-state index is 12.2. The summed E-state index contributed by atoms with van der Waals surface area (Å²) in [5.74, 6) is -2.60. The molecule has 0 fully saturated rings. The van der Waals surface area contributed by atoms with Crippen molar-refractivity contribution in [3.05, 3.63) is 29.8 Å². The summed E-state index contributed by atoms with van der Waals surface area (Å²) in [4.78, 5) is 0.202. The fourth-order valence-corrected chi connectivity index (χ4v) is 1.54. The van der Waals surface area contributed by atoms with E-state index < -0.39 is 18.0 Å². The van der Waals surface area contributed by atoms with Crippen molar-refractivity contribution in [2.75, 3.05) is 0 Å². The average molecular weight is 257 g/mol. The first-order valence-corrected chi connectivity index (χ1v) is 5.05. The zero-order chi connectivity index (χ0) is 12.3. The maximum atomic E-state index is 12.2. The molecule has 0 aromatic heterocycles. The molecule has 1 aromatic rings. The van der Waals surface area contributed by atoms with Crippen molar-refractivity contribution < 1.29 is 22.0 Å². The molecule has 0 saturated carbocycles. The molecule has 1 atom stereocenters. The molecule has 0 saturated heterocycles. The Labute approximate surface area is 92.8 Å². The van der Waals surface area contributed by atoms with Gasteiger partial charge in [0.15, 0.2) is 0 Å². The van der Waals surface area contributed by atoms with Crippen LogP contribution in [-0.4, -0.2) is 11.9 Å². The third kappa shape index (κ3) is 3.64. The first-order valence-electron chi connectivity index (χ1n) is 4.18. The average Bonchev–Trinajstić information content (AvgIpc) is 2.15. The lowest BCUT2D eigenvalue weighted by atomic mass is 10.1. The molecule has 1 aromatic carbocycles. The standard InChI is InChI=1S/C9H8F5NS/c10-8(11)16-6-3-1-5(2-4-6)7(15)9(12,13)14/h1-4,7-8H,15H2. The molecule has 7 heteroatoms. The van der Waals surface area contributed by atoms with Gasteiger partial charge in [0.25, 0.3) is 5.76 Å². The van der Waals surface area contributed by atoms with E-state index in [0.717, 1.165) is 12.1 Å². The normalized spacial score (nSPS) is 14.2. The van der Waals surface area contributed by atoms with Crippen LogP contribution in [0.15, 0.2) is 29.2 Å². The van der Waals surface area contributed by atoms with Crippen LogP contribution in [-0.2, 0) is 0 Å². The summed E-state index contributed by atoms with van der Waals surface area (Å²) >= 11 is 0.271. The van der Waals surface area contributed by atoms with E-state index in [4.69, 9.17) is 5.73 Å². The summed E-state index contributed by atoms with van der Waals surface area (Å²) in [5, 5.41) is 0. The molecular formula is C9H8F5NS. The van der Waals surface area contributed by atoms with Gasteiger partial charge in [-0.3, -0.25) is 0 Å². The van der Waals surface area contributed by atoms with E-state index in [9.17, 15) is 22.0 Å². The Morgan fingerprint density at radius 1 is 1.06 bits per heavy atom. The largest absolute Gasteiger partial charge is 0.407 e. The number of nitrogens with two attached hydrogens (primary N) is 1. The highest BCUT2D eigenvalue weighted by Gasteiger charge is 2.37. The highest BCUT2D eigenvalue weighted by atomic mass is 32.2. The quantitative estimate of drug-likeness (QED) is 0.661. The minimum absolute atomic E-state index is 0.147. The molecule has 0 spiro atoms. The van der Waals surface area contributed by atoms with Crippen LogP contribution in [0.5, 0.6) is 0 Å². The number of halogens is 5. The molecule has 0 aliphatic carbocycles. The van der Waals surface area contributed by atoms with Crippen LogP contribution in [0.1, 0.15) is 11.6 Å². The van der Waals surface area contributed by atoms with Crippen molar-refractivity contribution in [1.29, 1.82) is 0 Å². The SMILES string of the molecule is NC(c1ccc(SC(F)F)cc1)C(F)(F)F. The molecule has 2 N–H and O–H groups in total. The van der Waals surface area contributed by atoms with Crippen LogP contribution in [0.2, 0.25) is 0 Å². The monoisotopic (exact) mass is 257 g/mol. The van der Waals surface area contributed by atoms with Crippen LogP contribution in [0.4, 0.5) is 22.0 Å².